The number of carboxylic acid groups (broad SMARTS) is 1. The third-order valence-corrected chi connectivity index (χ3v) is 8.42. The summed E-state index contributed by atoms with van der Waals surface area (Å²) in [6, 6.07) is 10.4. The summed E-state index contributed by atoms with van der Waals surface area (Å²) >= 11 is 0. The van der Waals surface area contributed by atoms with E-state index in [1.165, 1.54) is 0 Å². The summed E-state index contributed by atoms with van der Waals surface area (Å²) < 4.78 is 0. The Balaban J connectivity index is 1.99. The van der Waals surface area contributed by atoms with Gasteiger partial charge in [-0.3, -0.25) is 4.79 Å². The highest BCUT2D eigenvalue weighted by molar-refractivity contribution is 5.71. The lowest BCUT2D eigenvalue weighted by Crippen LogP contribution is -2.36. The Morgan fingerprint density at radius 1 is 0.694 bits per heavy atom. The van der Waals surface area contributed by atoms with Crippen LogP contribution in [0.15, 0.2) is 54.9 Å². The van der Waals surface area contributed by atoms with Crippen LogP contribution in [0.5, 0.6) is 0 Å². The Kier molecular flexibility index (Phi) is 5.74. The van der Waals surface area contributed by atoms with Gasteiger partial charge in [0, 0.05) is 67.2 Å². The quantitative estimate of drug-likeness (QED) is 0.300. The SMILES string of the molecule is C=C1NC(=C)C(C)(C)c2ccc([nH]2)C(C)(C)c2[nH]c(cc2CC(=O)O)C(C)(C)c2ccc([nH]2)C1(C)C. The van der Waals surface area contributed by atoms with Crippen LogP contribution in [-0.4, -0.2) is 26.0 Å². The molecule has 36 heavy (non-hydrogen) atoms. The molecular formula is C30H40N4O2. The number of H-pyrrole nitrogens is 3. The van der Waals surface area contributed by atoms with Gasteiger partial charge >= 0.3 is 5.97 Å². The third kappa shape index (κ3) is 3.93. The van der Waals surface area contributed by atoms with Gasteiger partial charge in [-0.1, -0.05) is 13.2 Å². The van der Waals surface area contributed by atoms with E-state index in [4.69, 9.17) is 0 Å². The molecule has 0 atom stereocenters. The lowest BCUT2D eigenvalue weighted by molar-refractivity contribution is -0.136. The molecule has 3 aromatic rings. The molecule has 4 rings (SSSR count). The molecule has 6 heteroatoms. The van der Waals surface area contributed by atoms with Crippen LogP contribution >= 0.6 is 0 Å². The normalized spacial score (nSPS) is 20.1. The minimum atomic E-state index is -0.848. The van der Waals surface area contributed by atoms with Crippen LogP contribution in [0.2, 0.25) is 0 Å². The first-order valence-electron chi connectivity index (χ1n) is 12.5. The number of aliphatic carboxylic acids is 1. The number of rotatable bonds is 2. The standard InChI is InChI=1S/C30H40N4O2/c1-17-27(3,4)20-11-13-22(32-20)29(7,8)24-15-19(16-25(35)36)26(34-24)30(9,10)23-14-12-21(33-23)28(5,6)18(2)31-17/h11-15,31-34H,1-2,16H2,3-10H3,(H,35,36). The van der Waals surface area contributed by atoms with Gasteiger partial charge < -0.3 is 25.4 Å². The summed E-state index contributed by atoms with van der Waals surface area (Å²) in [7, 11) is 0. The first kappa shape index (κ1) is 25.7. The maximum atomic E-state index is 11.8. The predicted molar refractivity (Wildman–Crippen MR) is 145 cm³/mol. The minimum Gasteiger partial charge on any atom is -0.481 e. The Labute approximate surface area is 214 Å². The van der Waals surface area contributed by atoms with Gasteiger partial charge in [-0.05, 0) is 91.3 Å². The second-order valence-corrected chi connectivity index (χ2v) is 12.3. The average Bonchev–Trinajstić information content (AvgIpc) is 3.51. The summed E-state index contributed by atoms with van der Waals surface area (Å²) in [4.78, 5) is 22.8. The van der Waals surface area contributed by atoms with Gasteiger partial charge in [-0.2, -0.15) is 0 Å². The Morgan fingerprint density at radius 2 is 1.11 bits per heavy atom. The van der Waals surface area contributed by atoms with E-state index in [0.29, 0.717) is 0 Å². The van der Waals surface area contributed by atoms with Crippen LogP contribution in [0.1, 0.15) is 95.1 Å². The molecule has 1 aliphatic rings. The van der Waals surface area contributed by atoms with Gasteiger partial charge in [-0.25, -0.2) is 0 Å². The van der Waals surface area contributed by atoms with Gasteiger partial charge in [0.05, 0.1) is 6.42 Å². The third-order valence-electron chi connectivity index (χ3n) is 8.42. The number of aromatic amines is 3. The molecular weight excluding hydrogens is 448 g/mol. The maximum Gasteiger partial charge on any atom is 0.307 e. The first-order valence-corrected chi connectivity index (χ1v) is 12.5. The zero-order valence-electron chi connectivity index (χ0n) is 22.9. The van der Waals surface area contributed by atoms with E-state index in [9.17, 15) is 9.90 Å². The Morgan fingerprint density at radius 3 is 1.56 bits per heavy atom. The van der Waals surface area contributed by atoms with Crippen LogP contribution in [0, 0.1) is 0 Å². The molecule has 0 spiro atoms. The average molecular weight is 489 g/mol. The molecule has 5 N–H and O–H groups in total. The van der Waals surface area contributed by atoms with E-state index < -0.39 is 22.2 Å². The van der Waals surface area contributed by atoms with Crippen LogP contribution in [-0.2, 0) is 32.9 Å². The number of allylic oxidation sites excluding steroid dienone is 2. The maximum absolute atomic E-state index is 11.8. The van der Waals surface area contributed by atoms with Crippen molar-refractivity contribution in [3.8, 4) is 0 Å². The number of carboxylic acids is 1. The fourth-order valence-corrected chi connectivity index (χ4v) is 5.04. The molecule has 0 amide bonds. The van der Waals surface area contributed by atoms with Crippen molar-refractivity contribution < 1.29 is 9.90 Å². The van der Waals surface area contributed by atoms with Crippen molar-refractivity contribution in [1.29, 1.82) is 0 Å². The molecule has 0 aromatic carbocycles. The smallest absolute Gasteiger partial charge is 0.307 e. The molecule has 1 aliphatic heterocycles. The minimum absolute atomic E-state index is 0.0477. The second kappa shape index (κ2) is 8.05. The predicted octanol–water partition coefficient (Wildman–Crippen LogP) is 6.14. The zero-order valence-corrected chi connectivity index (χ0v) is 22.9. The van der Waals surface area contributed by atoms with Crippen LogP contribution in [0.3, 0.4) is 0 Å². The Bertz CT molecular complexity index is 1360. The molecule has 0 fully saturated rings. The largest absolute Gasteiger partial charge is 0.481 e. The highest BCUT2D eigenvalue weighted by Crippen LogP contribution is 2.41. The van der Waals surface area contributed by atoms with Crippen molar-refractivity contribution in [3.63, 3.8) is 0 Å². The molecule has 0 aliphatic carbocycles. The summed E-state index contributed by atoms with van der Waals surface area (Å²) in [5, 5.41) is 13.2. The van der Waals surface area contributed by atoms with Gasteiger partial charge in [0.1, 0.15) is 0 Å². The highest BCUT2D eigenvalue weighted by Gasteiger charge is 2.37. The van der Waals surface area contributed by atoms with Gasteiger partial charge in [0.2, 0.25) is 0 Å². The van der Waals surface area contributed by atoms with Crippen molar-refractivity contribution >= 4 is 5.97 Å². The second-order valence-electron chi connectivity index (χ2n) is 12.3. The van der Waals surface area contributed by atoms with E-state index in [1.54, 1.807) is 0 Å². The van der Waals surface area contributed by atoms with Crippen molar-refractivity contribution in [3.05, 3.63) is 94.6 Å². The van der Waals surface area contributed by atoms with Crippen LogP contribution in [0.4, 0.5) is 0 Å². The molecule has 3 aromatic heterocycles. The van der Waals surface area contributed by atoms with Crippen molar-refractivity contribution in [2.24, 2.45) is 0 Å². The summed E-state index contributed by atoms with van der Waals surface area (Å²) in [5.74, 6) is -0.848. The number of aromatic nitrogens is 3. The van der Waals surface area contributed by atoms with E-state index in [-0.39, 0.29) is 11.8 Å². The fraction of sp³-hybridized carbons (Fsp3) is 0.433. The van der Waals surface area contributed by atoms with E-state index in [1.807, 2.05) is 6.07 Å². The first-order chi connectivity index (χ1) is 16.5. The van der Waals surface area contributed by atoms with Crippen molar-refractivity contribution in [2.45, 2.75) is 83.5 Å². The topological polar surface area (TPSA) is 96.7 Å². The number of hydrogen-bond acceptors (Lipinski definition) is 2. The lowest BCUT2D eigenvalue weighted by Gasteiger charge is -2.34. The molecule has 6 nitrogen and oxygen atoms in total. The van der Waals surface area contributed by atoms with Crippen molar-refractivity contribution in [1.82, 2.24) is 20.3 Å². The Hall–Kier alpha value is -3.41. The number of hydrogen-bond donors (Lipinski definition) is 5. The van der Waals surface area contributed by atoms with Crippen molar-refractivity contribution in [2.75, 3.05) is 0 Å². The van der Waals surface area contributed by atoms with Crippen LogP contribution in [0.25, 0.3) is 0 Å². The van der Waals surface area contributed by atoms with E-state index in [0.717, 1.165) is 51.1 Å². The summed E-state index contributed by atoms with van der Waals surface area (Å²) in [6.45, 7) is 25.9. The summed E-state index contributed by atoms with van der Waals surface area (Å²) in [5.41, 5.74) is 6.81. The highest BCUT2D eigenvalue weighted by atomic mass is 16.4. The van der Waals surface area contributed by atoms with Gasteiger partial charge in [0.25, 0.3) is 0 Å². The van der Waals surface area contributed by atoms with Gasteiger partial charge in [-0.15, -0.1) is 0 Å². The van der Waals surface area contributed by atoms with E-state index in [2.05, 4.69) is 113 Å². The molecule has 0 saturated heterocycles. The number of nitrogens with one attached hydrogen (secondary N) is 4. The fourth-order valence-electron chi connectivity index (χ4n) is 5.04. The monoisotopic (exact) mass is 488 g/mol. The molecule has 6 bridgehead atoms. The molecule has 0 saturated carbocycles. The van der Waals surface area contributed by atoms with E-state index >= 15 is 0 Å². The molecule has 4 heterocycles. The van der Waals surface area contributed by atoms with Crippen LogP contribution < -0.4 is 5.32 Å². The van der Waals surface area contributed by atoms with Gasteiger partial charge in [0.15, 0.2) is 0 Å². The number of fused-ring (bicyclic) bond motifs is 6. The molecule has 0 unspecified atom stereocenters. The molecule has 0 radical (unpaired) electrons. The zero-order chi connectivity index (χ0) is 26.8. The summed E-state index contributed by atoms with van der Waals surface area (Å²) in [6.07, 6.45) is -0.0477. The molecule has 192 valence electrons. The lowest BCUT2D eigenvalue weighted by atomic mass is 9.82. The number of carbonyl (C=O) groups is 1.